The number of nitrogens with two attached hydrogens (primary N) is 2. The predicted octanol–water partition coefficient (Wildman–Crippen LogP) is 0.256. The van der Waals surface area contributed by atoms with Gasteiger partial charge in [-0.15, -0.1) is 0 Å². The molecular formula is C7H13N3O2S. The zero-order chi connectivity index (χ0) is 9.19. The van der Waals surface area contributed by atoms with Crippen molar-refractivity contribution in [1.29, 1.82) is 0 Å². The Labute approximate surface area is 77.8 Å². The first-order valence-electron chi connectivity index (χ1n) is 3.13. The molecule has 0 aliphatic rings. The van der Waals surface area contributed by atoms with Gasteiger partial charge in [-0.1, -0.05) is 7.43 Å². The summed E-state index contributed by atoms with van der Waals surface area (Å²) in [7, 11) is -3.60. The van der Waals surface area contributed by atoms with E-state index in [0.717, 1.165) is 0 Å². The highest BCUT2D eigenvalue weighted by Gasteiger charge is 2.05. The van der Waals surface area contributed by atoms with Crippen molar-refractivity contribution >= 4 is 15.7 Å². The first-order chi connectivity index (χ1) is 5.54. The topological polar surface area (TPSA) is 98.2 Å². The number of hydrogen-bond acceptors (Lipinski definition) is 4. The molecule has 0 aliphatic heterocycles. The van der Waals surface area contributed by atoms with Crippen LogP contribution in [0.2, 0.25) is 0 Å². The van der Waals surface area contributed by atoms with Gasteiger partial charge in [-0.2, -0.15) is 0 Å². The highest BCUT2D eigenvalue weighted by atomic mass is 32.2. The third-order valence-electron chi connectivity index (χ3n) is 1.35. The van der Waals surface area contributed by atoms with Gasteiger partial charge in [0, 0.05) is 5.69 Å². The fraction of sp³-hybridized carbons (Fsp3) is 0.143. The lowest BCUT2D eigenvalue weighted by atomic mass is 10.3. The minimum Gasteiger partial charge on any atom is -0.324 e. The van der Waals surface area contributed by atoms with E-state index in [2.05, 4.69) is 5.43 Å². The van der Waals surface area contributed by atoms with Gasteiger partial charge in [-0.05, 0) is 24.3 Å². The molecule has 1 rings (SSSR count). The minimum atomic E-state index is -3.60. The molecule has 1 aromatic rings. The molecule has 0 amide bonds. The van der Waals surface area contributed by atoms with E-state index in [0.29, 0.717) is 5.69 Å². The van der Waals surface area contributed by atoms with Crippen LogP contribution in [0.5, 0.6) is 0 Å². The van der Waals surface area contributed by atoms with Crippen molar-refractivity contribution in [2.45, 2.75) is 12.3 Å². The highest BCUT2D eigenvalue weighted by Crippen LogP contribution is 2.10. The number of anilines is 1. The number of sulfonamides is 1. The van der Waals surface area contributed by atoms with Crippen LogP contribution in [0.15, 0.2) is 29.2 Å². The van der Waals surface area contributed by atoms with E-state index in [4.69, 9.17) is 11.0 Å². The number of nitrogens with one attached hydrogen (secondary N) is 1. The smallest absolute Gasteiger partial charge is 0.238 e. The molecule has 6 heteroatoms. The molecule has 5 nitrogen and oxygen atoms in total. The van der Waals surface area contributed by atoms with Crippen LogP contribution in [0.25, 0.3) is 0 Å². The molecular weight excluding hydrogens is 190 g/mol. The summed E-state index contributed by atoms with van der Waals surface area (Å²) >= 11 is 0. The van der Waals surface area contributed by atoms with Crippen LogP contribution in [-0.2, 0) is 10.0 Å². The summed E-state index contributed by atoms with van der Waals surface area (Å²) in [5.41, 5.74) is 3.00. The molecule has 0 heterocycles. The Morgan fingerprint density at radius 2 is 1.62 bits per heavy atom. The lowest BCUT2D eigenvalue weighted by molar-refractivity contribution is 0.598. The summed E-state index contributed by atoms with van der Waals surface area (Å²) in [5.74, 6) is 5.08. The molecule has 0 saturated heterocycles. The zero-order valence-corrected chi connectivity index (χ0v) is 7.01. The second kappa shape index (κ2) is 4.22. The molecule has 13 heavy (non-hydrogen) atoms. The van der Waals surface area contributed by atoms with E-state index >= 15 is 0 Å². The average molecular weight is 203 g/mol. The van der Waals surface area contributed by atoms with Gasteiger partial charge in [0.2, 0.25) is 10.0 Å². The number of hydrogen-bond donors (Lipinski definition) is 3. The van der Waals surface area contributed by atoms with Crippen molar-refractivity contribution < 1.29 is 8.42 Å². The quantitative estimate of drug-likeness (QED) is 0.474. The Balaban J connectivity index is 0.00000144. The minimum absolute atomic E-state index is 0. The molecule has 0 bridgehead atoms. The van der Waals surface area contributed by atoms with Crippen molar-refractivity contribution in [2.75, 3.05) is 5.43 Å². The van der Waals surface area contributed by atoms with Crippen LogP contribution >= 0.6 is 0 Å². The monoisotopic (exact) mass is 203 g/mol. The summed E-state index contributed by atoms with van der Waals surface area (Å²) in [6.07, 6.45) is 0. The number of rotatable bonds is 2. The first kappa shape index (κ1) is 11.9. The van der Waals surface area contributed by atoms with Crippen molar-refractivity contribution in [3.8, 4) is 0 Å². The SMILES string of the molecule is C.NNc1ccc(S(N)(=O)=O)cc1. The summed E-state index contributed by atoms with van der Waals surface area (Å²) in [4.78, 5) is 0.0708. The Morgan fingerprint density at radius 1 is 1.15 bits per heavy atom. The molecule has 0 aromatic heterocycles. The Kier molecular flexibility index (Phi) is 3.86. The second-order valence-corrected chi connectivity index (χ2v) is 3.78. The highest BCUT2D eigenvalue weighted by molar-refractivity contribution is 7.89. The molecule has 1 aromatic carbocycles. The third-order valence-corrected chi connectivity index (χ3v) is 2.28. The van der Waals surface area contributed by atoms with E-state index in [1.165, 1.54) is 24.3 Å². The van der Waals surface area contributed by atoms with Crippen molar-refractivity contribution in [3.63, 3.8) is 0 Å². The van der Waals surface area contributed by atoms with E-state index in [1.807, 2.05) is 0 Å². The fourth-order valence-electron chi connectivity index (χ4n) is 0.741. The molecule has 5 N–H and O–H groups in total. The van der Waals surface area contributed by atoms with Crippen molar-refractivity contribution in [1.82, 2.24) is 0 Å². The summed E-state index contributed by atoms with van der Waals surface area (Å²) < 4.78 is 21.5. The molecule has 0 radical (unpaired) electrons. The number of hydrazine groups is 1. The third kappa shape index (κ3) is 3.02. The number of primary sulfonamides is 1. The van der Waals surface area contributed by atoms with Gasteiger partial charge in [-0.25, -0.2) is 13.6 Å². The van der Waals surface area contributed by atoms with E-state index in [9.17, 15) is 8.42 Å². The van der Waals surface area contributed by atoms with Gasteiger partial charge < -0.3 is 5.43 Å². The maximum absolute atomic E-state index is 10.8. The molecule has 0 unspecified atom stereocenters. The van der Waals surface area contributed by atoms with Crippen molar-refractivity contribution in [2.24, 2.45) is 11.0 Å². The molecule has 0 saturated carbocycles. The number of benzene rings is 1. The van der Waals surface area contributed by atoms with E-state index in [-0.39, 0.29) is 12.3 Å². The average Bonchev–Trinajstić information content (AvgIpc) is 2.03. The molecule has 0 aliphatic carbocycles. The fourth-order valence-corrected chi connectivity index (χ4v) is 1.26. The first-order valence-corrected chi connectivity index (χ1v) is 4.68. The standard InChI is InChI=1S/C6H9N3O2S.CH4/c7-9-5-1-3-6(4-2-5)12(8,10)11;/h1-4,9H,7H2,(H2,8,10,11);1H4. The van der Waals surface area contributed by atoms with Crippen LogP contribution in [0.3, 0.4) is 0 Å². The van der Waals surface area contributed by atoms with Gasteiger partial charge >= 0.3 is 0 Å². The van der Waals surface area contributed by atoms with Gasteiger partial charge in [0.25, 0.3) is 0 Å². The molecule has 0 atom stereocenters. The van der Waals surface area contributed by atoms with Crippen LogP contribution in [0, 0.1) is 0 Å². The predicted molar refractivity (Wildman–Crippen MR) is 52.4 cm³/mol. The summed E-state index contributed by atoms with van der Waals surface area (Å²) in [5, 5.41) is 4.87. The maximum Gasteiger partial charge on any atom is 0.238 e. The Bertz CT molecular complexity index is 358. The molecule has 0 spiro atoms. The van der Waals surface area contributed by atoms with Gasteiger partial charge in [0.05, 0.1) is 4.90 Å². The molecule has 74 valence electrons. The largest absolute Gasteiger partial charge is 0.324 e. The van der Waals surface area contributed by atoms with Crippen LogP contribution < -0.4 is 16.4 Å². The van der Waals surface area contributed by atoms with Crippen LogP contribution in [-0.4, -0.2) is 8.42 Å². The number of nitrogen functional groups attached to an aromatic ring is 1. The van der Waals surface area contributed by atoms with Gasteiger partial charge in [-0.3, -0.25) is 5.84 Å². The van der Waals surface area contributed by atoms with E-state index < -0.39 is 10.0 Å². The summed E-state index contributed by atoms with van der Waals surface area (Å²) in [6, 6.07) is 5.81. The van der Waals surface area contributed by atoms with E-state index in [1.54, 1.807) is 0 Å². The van der Waals surface area contributed by atoms with Crippen LogP contribution in [0.1, 0.15) is 7.43 Å². The second-order valence-electron chi connectivity index (χ2n) is 2.21. The lowest BCUT2D eigenvalue weighted by Gasteiger charge is -2.00. The summed E-state index contributed by atoms with van der Waals surface area (Å²) in [6.45, 7) is 0. The Morgan fingerprint density at radius 3 is 1.92 bits per heavy atom. The lowest BCUT2D eigenvalue weighted by Crippen LogP contribution is -2.12. The zero-order valence-electron chi connectivity index (χ0n) is 6.19. The van der Waals surface area contributed by atoms with Gasteiger partial charge in [0.1, 0.15) is 0 Å². The van der Waals surface area contributed by atoms with Gasteiger partial charge in [0.15, 0.2) is 0 Å². The normalized spacial score (nSPS) is 10.3. The molecule has 0 fully saturated rings. The maximum atomic E-state index is 10.8. The Hall–Kier alpha value is -1.11. The van der Waals surface area contributed by atoms with Crippen LogP contribution in [0.4, 0.5) is 5.69 Å². The van der Waals surface area contributed by atoms with Crippen molar-refractivity contribution in [3.05, 3.63) is 24.3 Å².